The van der Waals surface area contributed by atoms with Gasteiger partial charge in [-0.3, -0.25) is 19.8 Å². The molecule has 0 aliphatic carbocycles. The third-order valence-electron chi connectivity index (χ3n) is 2.15. The molecule has 1 N–H and O–H groups in total. The Morgan fingerprint density at radius 2 is 2.19 bits per heavy atom. The highest BCUT2D eigenvalue weighted by atomic mass is 32.2. The predicted octanol–water partition coefficient (Wildman–Crippen LogP) is 0.0673. The summed E-state index contributed by atoms with van der Waals surface area (Å²) in [5.41, 5.74) is 0. The first-order chi connectivity index (χ1) is 7.57. The van der Waals surface area contributed by atoms with E-state index in [1.54, 1.807) is 0 Å². The number of amides is 4. The number of carbonyl (C=O) groups is 3. The van der Waals surface area contributed by atoms with Crippen LogP contribution in [0.4, 0.5) is 4.79 Å². The van der Waals surface area contributed by atoms with Crippen molar-refractivity contribution < 1.29 is 14.4 Å². The van der Waals surface area contributed by atoms with E-state index in [2.05, 4.69) is 11.2 Å². The zero-order chi connectivity index (χ0) is 12.1. The molecule has 1 aliphatic rings. The molecule has 6 heteroatoms. The van der Waals surface area contributed by atoms with Gasteiger partial charge in [-0.05, 0) is 6.92 Å². The zero-order valence-electron chi connectivity index (χ0n) is 8.86. The monoisotopic (exact) mass is 240 g/mol. The number of rotatable bonds is 4. The van der Waals surface area contributed by atoms with Gasteiger partial charge in [-0.15, -0.1) is 18.2 Å². The fourth-order valence-corrected chi connectivity index (χ4v) is 1.80. The van der Waals surface area contributed by atoms with Crippen LogP contribution in [0, 0.1) is 18.3 Å². The lowest BCUT2D eigenvalue weighted by molar-refractivity contribution is -0.141. The van der Waals surface area contributed by atoms with Crippen LogP contribution in [0.3, 0.4) is 0 Å². The van der Waals surface area contributed by atoms with Crippen molar-refractivity contribution in [1.29, 1.82) is 0 Å². The van der Waals surface area contributed by atoms with E-state index in [1.165, 1.54) is 18.7 Å². The lowest BCUT2D eigenvalue weighted by Crippen LogP contribution is -2.57. The number of urea groups is 1. The lowest BCUT2D eigenvalue weighted by atomic mass is 10.1. The van der Waals surface area contributed by atoms with Gasteiger partial charge in [-0.1, -0.05) is 5.92 Å². The minimum Gasteiger partial charge on any atom is -0.277 e. The quantitative estimate of drug-likeness (QED) is 0.429. The Kier molecular flexibility index (Phi) is 4.38. The molecular weight excluding hydrogens is 228 g/mol. The first-order valence-corrected chi connectivity index (χ1v) is 5.90. The molecule has 1 unspecified atom stereocenters. The maximum atomic E-state index is 11.6. The summed E-state index contributed by atoms with van der Waals surface area (Å²) in [6.45, 7) is 1.75. The van der Waals surface area contributed by atoms with Gasteiger partial charge < -0.3 is 0 Å². The van der Waals surface area contributed by atoms with Crippen LogP contribution in [0.1, 0.15) is 6.92 Å². The van der Waals surface area contributed by atoms with Crippen molar-refractivity contribution in [3.63, 3.8) is 0 Å². The highest BCUT2D eigenvalue weighted by molar-refractivity contribution is 7.99. The molecule has 4 amide bonds. The summed E-state index contributed by atoms with van der Waals surface area (Å²) in [4.78, 5) is 35.1. The van der Waals surface area contributed by atoms with Gasteiger partial charge in [0.1, 0.15) is 5.92 Å². The topological polar surface area (TPSA) is 66.5 Å². The van der Waals surface area contributed by atoms with E-state index < -0.39 is 23.8 Å². The van der Waals surface area contributed by atoms with Gasteiger partial charge in [0.05, 0.1) is 5.75 Å². The molecule has 1 saturated heterocycles. The molecule has 0 aromatic carbocycles. The van der Waals surface area contributed by atoms with E-state index in [0.717, 1.165) is 4.90 Å². The molecule has 0 bridgehead atoms. The van der Waals surface area contributed by atoms with Crippen LogP contribution in [-0.2, 0) is 9.59 Å². The number of nitrogens with zero attached hydrogens (tertiary/aromatic N) is 1. The van der Waals surface area contributed by atoms with Crippen molar-refractivity contribution >= 4 is 29.6 Å². The second-order valence-electron chi connectivity index (χ2n) is 3.26. The number of thioether (sulfide) groups is 1. The van der Waals surface area contributed by atoms with Gasteiger partial charge in [0, 0.05) is 12.3 Å². The van der Waals surface area contributed by atoms with Crippen molar-refractivity contribution in [2.75, 3.05) is 18.1 Å². The number of barbiturate groups is 1. The number of terminal acetylenes is 1. The van der Waals surface area contributed by atoms with Crippen LogP contribution < -0.4 is 5.32 Å². The molecular formula is C10H12N2O3S. The highest BCUT2D eigenvalue weighted by Gasteiger charge is 2.36. The van der Waals surface area contributed by atoms with Gasteiger partial charge in [-0.25, -0.2) is 4.79 Å². The average molecular weight is 240 g/mol. The first kappa shape index (κ1) is 12.6. The Labute approximate surface area is 97.9 Å². The summed E-state index contributed by atoms with van der Waals surface area (Å²) in [6.07, 6.45) is 5.07. The van der Waals surface area contributed by atoms with Crippen molar-refractivity contribution in [2.45, 2.75) is 6.92 Å². The molecule has 16 heavy (non-hydrogen) atoms. The van der Waals surface area contributed by atoms with Crippen LogP contribution in [0.15, 0.2) is 0 Å². The molecule has 5 nitrogen and oxygen atoms in total. The maximum absolute atomic E-state index is 11.6. The summed E-state index contributed by atoms with van der Waals surface area (Å²) < 4.78 is 0. The molecule has 1 fully saturated rings. The Hall–Kier alpha value is -1.48. The first-order valence-electron chi connectivity index (χ1n) is 4.75. The van der Waals surface area contributed by atoms with Gasteiger partial charge in [0.2, 0.25) is 11.8 Å². The number of hydrogen-bond acceptors (Lipinski definition) is 4. The zero-order valence-corrected chi connectivity index (χ0v) is 9.67. The number of imide groups is 2. The van der Waals surface area contributed by atoms with E-state index in [4.69, 9.17) is 6.42 Å². The van der Waals surface area contributed by atoms with Crippen LogP contribution in [0.25, 0.3) is 0 Å². The van der Waals surface area contributed by atoms with Crippen LogP contribution in [0.5, 0.6) is 0 Å². The molecule has 0 spiro atoms. The Bertz CT molecular complexity index is 362. The maximum Gasteiger partial charge on any atom is 0.330 e. The Balaban J connectivity index is 2.52. The van der Waals surface area contributed by atoms with Crippen molar-refractivity contribution in [3.05, 3.63) is 0 Å². The minimum absolute atomic E-state index is 0.272. The van der Waals surface area contributed by atoms with Crippen molar-refractivity contribution in [2.24, 2.45) is 5.92 Å². The molecule has 86 valence electrons. The fourth-order valence-electron chi connectivity index (χ4n) is 1.23. The summed E-state index contributed by atoms with van der Waals surface area (Å²) in [6, 6.07) is -0.644. The second kappa shape index (κ2) is 5.56. The van der Waals surface area contributed by atoms with Crippen molar-refractivity contribution in [3.8, 4) is 12.3 Å². The van der Waals surface area contributed by atoms with E-state index in [9.17, 15) is 14.4 Å². The van der Waals surface area contributed by atoms with E-state index in [1.807, 2.05) is 0 Å². The lowest BCUT2D eigenvalue weighted by Gasteiger charge is -2.28. The van der Waals surface area contributed by atoms with Gasteiger partial charge >= 0.3 is 6.03 Å². The van der Waals surface area contributed by atoms with E-state index in [0.29, 0.717) is 11.5 Å². The third-order valence-corrected chi connectivity index (χ3v) is 2.99. The fraction of sp³-hybridized carbons (Fsp3) is 0.500. The molecule has 0 saturated carbocycles. The minimum atomic E-state index is -0.796. The normalized spacial score (nSPS) is 20.6. The molecule has 0 aromatic heterocycles. The summed E-state index contributed by atoms with van der Waals surface area (Å²) in [7, 11) is 0. The Morgan fingerprint density at radius 3 is 2.81 bits per heavy atom. The van der Waals surface area contributed by atoms with E-state index in [-0.39, 0.29) is 6.54 Å². The van der Waals surface area contributed by atoms with Gasteiger partial charge in [0.15, 0.2) is 0 Å². The number of nitrogens with one attached hydrogen (secondary N) is 1. The molecule has 0 aromatic rings. The standard InChI is InChI=1S/C10H12N2O3S/c1-3-5-16-6-4-12-9(14)7(2)8(13)11-10(12)15/h1,7H,4-6H2,2H3,(H,11,13,15). The van der Waals surface area contributed by atoms with Crippen molar-refractivity contribution in [1.82, 2.24) is 10.2 Å². The molecule has 1 heterocycles. The highest BCUT2D eigenvalue weighted by Crippen LogP contribution is 2.10. The average Bonchev–Trinajstić information content (AvgIpc) is 2.25. The Morgan fingerprint density at radius 1 is 1.50 bits per heavy atom. The molecule has 1 rings (SSSR count). The SMILES string of the molecule is C#CCSCCN1C(=O)NC(=O)C(C)C1=O. The molecule has 1 atom stereocenters. The predicted molar refractivity (Wildman–Crippen MR) is 60.6 cm³/mol. The smallest absolute Gasteiger partial charge is 0.277 e. The number of hydrogen-bond donors (Lipinski definition) is 1. The third kappa shape index (κ3) is 2.76. The summed E-state index contributed by atoms with van der Waals surface area (Å²) >= 11 is 1.46. The summed E-state index contributed by atoms with van der Waals surface area (Å²) in [5.74, 6) is 1.78. The van der Waals surface area contributed by atoms with Crippen LogP contribution >= 0.6 is 11.8 Å². The van der Waals surface area contributed by atoms with Crippen LogP contribution in [0.2, 0.25) is 0 Å². The van der Waals surface area contributed by atoms with Gasteiger partial charge in [-0.2, -0.15) is 0 Å². The number of carbonyl (C=O) groups excluding carboxylic acids is 3. The second-order valence-corrected chi connectivity index (χ2v) is 4.37. The molecule has 1 aliphatic heterocycles. The largest absolute Gasteiger partial charge is 0.330 e. The van der Waals surface area contributed by atoms with Gasteiger partial charge in [0.25, 0.3) is 0 Å². The molecule has 0 radical (unpaired) electrons. The summed E-state index contributed by atoms with van der Waals surface area (Å²) in [5, 5.41) is 2.13. The van der Waals surface area contributed by atoms with E-state index >= 15 is 0 Å². The van der Waals surface area contributed by atoms with Crippen LogP contribution in [-0.4, -0.2) is 40.8 Å².